The summed E-state index contributed by atoms with van der Waals surface area (Å²) in [7, 11) is 2.03. The van der Waals surface area contributed by atoms with Crippen LogP contribution in [0.4, 0.5) is 0 Å². The van der Waals surface area contributed by atoms with Crippen LogP contribution in [0.25, 0.3) is 0 Å². The lowest BCUT2D eigenvalue weighted by molar-refractivity contribution is 0.442. The minimum absolute atomic E-state index is 0.909. The molecule has 0 unspecified atom stereocenters. The van der Waals surface area contributed by atoms with Crippen LogP contribution in [0.5, 0.6) is 0 Å². The third-order valence-corrected chi connectivity index (χ3v) is 1.16. The number of nitrogens with one attached hydrogen (secondary N) is 1. The molecule has 0 saturated carbocycles. The van der Waals surface area contributed by atoms with Crippen molar-refractivity contribution in [2.75, 3.05) is 13.7 Å². The summed E-state index contributed by atoms with van der Waals surface area (Å²) in [5.74, 6) is 0. The largest absolute Gasteiger partial charge is 0.365 e. The van der Waals surface area contributed by atoms with Crippen molar-refractivity contribution in [1.82, 2.24) is 10.2 Å². The van der Waals surface area contributed by atoms with Gasteiger partial charge in [0, 0.05) is 12.7 Å². The van der Waals surface area contributed by atoms with Gasteiger partial charge in [-0.25, -0.2) is 0 Å². The van der Waals surface area contributed by atoms with E-state index in [1.54, 1.807) is 0 Å². The molecule has 1 aliphatic heterocycles. The van der Waals surface area contributed by atoms with Crippen LogP contribution in [0.2, 0.25) is 0 Å². The van der Waals surface area contributed by atoms with E-state index < -0.39 is 0 Å². The molecule has 7 heavy (non-hydrogen) atoms. The predicted molar refractivity (Wildman–Crippen MR) is 28.2 cm³/mol. The molecule has 2 heteroatoms. The Morgan fingerprint density at radius 1 is 1.86 bits per heavy atom. The second-order valence-corrected chi connectivity index (χ2v) is 1.74. The van der Waals surface area contributed by atoms with Crippen molar-refractivity contribution in [3.8, 4) is 0 Å². The lowest BCUT2D eigenvalue weighted by atomic mass is 10.5. The predicted octanol–water partition coefficient (Wildman–Crippen LogP) is 0.143. The zero-order chi connectivity index (χ0) is 5.28. The highest BCUT2D eigenvalue weighted by molar-refractivity contribution is 4.93. The first-order chi connectivity index (χ1) is 3.30. The van der Waals surface area contributed by atoms with Crippen molar-refractivity contribution < 1.29 is 0 Å². The summed E-state index contributed by atoms with van der Waals surface area (Å²) >= 11 is 0. The second kappa shape index (κ2) is 1.45. The zero-order valence-corrected chi connectivity index (χ0v) is 4.65. The molecule has 2 nitrogen and oxygen atoms in total. The molecule has 0 bridgehead atoms. The smallest absolute Gasteiger partial charge is 0.0872 e. The summed E-state index contributed by atoms with van der Waals surface area (Å²) in [6.45, 7) is 2.94. The lowest BCUT2D eigenvalue weighted by Gasteiger charge is -2.08. The van der Waals surface area contributed by atoms with Crippen molar-refractivity contribution in [1.29, 1.82) is 0 Å². The number of rotatable bonds is 0. The molecule has 39 valence electrons. The number of hydrogen-bond donors (Lipinski definition) is 1. The molecule has 1 aliphatic rings. The molecule has 1 rings (SSSR count). The van der Waals surface area contributed by atoms with Crippen LogP contribution in [0.3, 0.4) is 0 Å². The van der Waals surface area contributed by atoms with E-state index in [9.17, 15) is 0 Å². The van der Waals surface area contributed by atoms with Gasteiger partial charge < -0.3 is 10.2 Å². The van der Waals surface area contributed by atoms with Gasteiger partial charge in [0.1, 0.15) is 0 Å². The fraction of sp³-hybridized carbons (Fsp3) is 0.600. The Bertz CT molecular complexity index is 96.3. The van der Waals surface area contributed by atoms with Crippen molar-refractivity contribution >= 4 is 0 Å². The Kier molecular flexibility index (Phi) is 0.929. The molecule has 0 aromatic heterocycles. The van der Waals surface area contributed by atoms with Gasteiger partial charge in [0.25, 0.3) is 0 Å². The van der Waals surface area contributed by atoms with Crippen LogP contribution < -0.4 is 5.32 Å². The van der Waals surface area contributed by atoms with E-state index in [-0.39, 0.29) is 0 Å². The Morgan fingerprint density at radius 3 is 2.71 bits per heavy atom. The van der Waals surface area contributed by atoms with Gasteiger partial charge in [-0.05, 0) is 6.92 Å². The molecule has 1 heterocycles. The minimum Gasteiger partial charge on any atom is -0.365 e. The van der Waals surface area contributed by atoms with Gasteiger partial charge >= 0.3 is 0 Å². The molecule has 0 fully saturated rings. The van der Waals surface area contributed by atoms with Crippen molar-refractivity contribution in [2.24, 2.45) is 0 Å². The van der Waals surface area contributed by atoms with E-state index in [4.69, 9.17) is 0 Å². The van der Waals surface area contributed by atoms with Crippen LogP contribution >= 0.6 is 0 Å². The highest BCUT2D eigenvalue weighted by Crippen LogP contribution is 1.99. The molecule has 0 aromatic rings. The van der Waals surface area contributed by atoms with Gasteiger partial charge in [0.05, 0.1) is 12.9 Å². The Hall–Kier alpha value is -0.660. The van der Waals surface area contributed by atoms with Crippen LogP contribution in [0.15, 0.2) is 5.70 Å². The van der Waals surface area contributed by atoms with Crippen LogP contribution in [0.1, 0.15) is 6.92 Å². The average molecular weight is 97.1 g/mol. The molecule has 0 atom stereocenters. The highest BCUT2D eigenvalue weighted by atomic mass is 15.2. The molecule has 1 N–H and O–H groups in total. The standard InChI is InChI=1S/C5H9N2/c1-5-3-6-4-7(5)2/h6H,4H2,1-2H3. The summed E-state index contributed by atoms with van der Waals surface area (Å²) < 4.78 is 0. The maximum atomic E-state index is 2.96. The normalized spacial score (nSPS) is 19.1. The van der Waals surface area contributed by atoms with E-state index >= 15 is 0 Å². The third kappa shape index (κ3) is 0.683. The van der Waals surface area contributed by atoms with Crippen LogP contribution in [-0.2, 0) is 0 Å². The first-order valence-electron chi connectivity index (χ1n) is 2.34. The van der Waals surface area contributed by atoms with Crippen molar-refractivity contribution in [3.05, 3.63) is 11.9 Å². The van der Waals surface area contributed by atoms with Gasteiger partial charge in [-0.3, -0.25) is 0 Å². The Balaban J connectivity index is 2.54. The number of allylic oxidation sites excluding steroid dienone is 1. The molecule has 0 saturated heterocycles. The van der Waals surface area contributed by atoms with Gasteiger partial charge in [-0.1, -0.05) is 0 Å². The van der Waals surface area contributed by atoms with E-state index in [2.05, 4.69) is 16.4 Å². The summed E-state index contributed by atoms with van der Waals surface area (Å²) in [6.07, 6.45) is 2.96. The fourth-order valence-electron chi connectivity index (χ4n) is 0.500. The van der Waals surface area contributed by atoms with Gasteiger partial charge in [0.2, 0.25) is 0 Å². The Morgan fingerprint density at radius 2 is 2.57 bits per heavy atom. The quantitative estimate of drug-likeness (QED) is 0.462. The lowest BCUT2D eigenvalue weighted by Crippen LogP contribution is -2.17. The van der Waals surface area contributed by atoms with E-state index in [0.29, 0.717) is 0 Å². The molecule has 0 aromatic carbocycles. The molecule has 0 spiro atoms. The summed E-state index contributed by atoms with van der Waals surface area (Å²) in [6, 6.07) is 0. The first-order valence-corrected chi connectivity index (χ1v) is 2.34. The van der Waals surface area contributed by atoms with Crippen molar-refractivity contribution in [3.63, 3.8) is 0 Å². The van der Waals surface area contributed by atoms with Gasteiger partial charge in [-0.2, -0.15) is 0 Å². The monoisotopic (exact) mass is 97.1 g/mol. The second-order valence-electron chi connectivity index (χ2n) is 1.74. The SMILES string of the molecule is CC1=[C]NCN1C. The van der Waals surface area contributed by atoms with Crippen LogP contribution in [0, 0.1) is 6.20 Å². The molecule has 1 radical (unpaired) electrons. The van der Waals surface area contributed by atoms with Crippen molar-refractivity contribution in [2.45, 2.75) is 6.92 Å². The first kappa shape index (κ1) is 4.50. The highest BCUT2D eigenvalue weighted by Gasteiger charge is 2.02. The summed E-state index contributed by atoms with van der Waals surface area (Å²) in [4.78, 5) is 2.10. The zero-order valence-electron chi connectivity index (χ0n) is 4.65. The average Bonchev–Trinajstić information content (AvgIpc) is 1.91. The van der Waals surface area contributed by atoms with E-state index in [0.717, 1.165) is 6.67 Å². The summed E-state index contributed by atoms with van der Waals surface area (Å²) in [5.41, 5.74) is 1.18. The molecule has 0 amide bonds. The fourth-order valence-corrected chi connectivity index (χ4v) is 0.500. The minimum atomic E-state index is 0.909. The maximum absolute atomic E-state index is 2.96. The number of nitrogens with zero attached hydrogens (tertiary/aromatic N) is 1. The maximum Gasteiger partial charge on any atom is 0.0872 e. The Labute approximate surface area is 43.8 Å². The molecular weight excluding hydrogens is 88.1 g/mol. The van der Waals surface area contributed by atoms with Crippen LogP contribution in [-0.4, -0.2) is 18.6 Å². The summed E-state index contributed by atoms with van der Waals surface area (Å²) in [5, 5.41) is 2.96. The van der Waals surface area contributed by atoms with E-state index in [1.165, 1.54) is 5.70 Å². The third-order valence-electron chi connectivity index (χ3n) is 1.16. The molecule has 0 aliphatic carbocycles. The van der Waals surface area contributed by atoms with E-state index in [1.807, 2.05) is 14.0 Å². The molecular formula is C5H9N2. The van der Waals surface area contributed by atoms with Gasteiger partial charge in [0.15, 0.2) is 0 Å². The van der Waals surface area contributed by atoms with Gasteiger partial charge in [-0.15, -0.1) is 0 Å². The number of hydrogen-bond acceptors (Lipinski definition) is 2. The topological polar surface area (TPSA) is 15.3 Å².